The summed E-state index contributed by atoms with van der Waals surface area (Å²) in [5.41, 5.74) is 0. The summed E-state index contributed by atoms with van der Waals surface area (Å²) in [6.07, 6.45) is 0.824. The van der Waals surface area contributed by atoms with Crippen molar-refractivity contribution in [2.75, 3.05) is 13.2 Å². The molecule has 0 aromatic rings. The fourth-order valence-corrected chi connectivity index (χ4v) is 1.02. The predicted octanol–water partition coefficient (Wildman–Crippen LogP) is 0.110. The van der Waals surface area contributed by atoms with Gasteiger partial charge in [-0.1, -0.05) is 0 Å². The highest BCUT2D eigenvalue weighted by molar-refractivity contribution is 6.21. The lowest BCUT2D eigenvalue weighted by molar-refractivity contribution is 0.133. The first-order chi connectivity index (χ1) is 5.22. The Bertz CT molecular complexity index is 89.8. The molecule has 0 aliphatic rings. The Labute approximate surface area is 71.6 Å². The van der Waals surface area contributed by atoms with Gasteiger partial charge < -0.3 is 15.3 Å². The maximum atomic E-state index is 9.23. The van der Waals surface area contributed by atoms with Crippen LogP contribution in [0.5, 0.6) is 0 Å². The maximum Gasteiger partial charge on any atom is 0.0705 e. The largest absolute Gasteiger partial charge is 0.396 e. The zero-order chi connectivity index (χ0) is 8.69. The van der Waals surface area contributed by atoms with Crippen molar-refractivity contribution in [1.82, 2.24) is 0 Å². The summed E-state index contributed by atoms with van der Waals surface area (Å²) in [4.78, 5) is 0. The van der Waals surface area contributed by atoms with Crippen LogP contribution in [0.25, 0.3) is 0 Å². The lowest BCUT2D eigenvalue weighted by Gasteiger charge is -2.14. The van der Waals surface area contributed by atoms with Crippen LogP contribution in [-0.4, -0.2) is 40.0 Å². The Hall–Kier alpha value is 0.170. The average Bonchev–Trinajstić information content (AvgIpc) is 2.00. The third-order valence-corrected chi connectivity index (χ3v) is 1.99. The van der Waals surface area contributed by atoms with Gasteiger partial charge in [0.2, 0.25) is 0 Å². The third kappa shape index (κ3) is 5.44. The number of hydrogen-bond donors (Lipinski definition) is 3. The van der Waals surface area contributed by atoms with Gasteiger partial charge in [0, 0.05) is 13.2 Å². The number of aliphatic hydroxyl groups is 3. The number of rotatable bonds is 6. The number of halogens is 1. The zero-order valence-electron chi connectivity index (χ0n) is 6.41. The molecule has 0 aliphatic heterocycles. The maximum absolute atomic E-state index is 9.23. The van der Waals surface area contributed by atoms with Gasteiger partial charge in [0.05, 0.1) is 11.5 Å². The SMILES string of the molecule is OCCCC(O)C(Cl)CCO. The molecular weight excluding hydrogens is 168 g/mol. The van der Waals surface area contributed by atoms with Crippen LogP contribution in [0.4, 0.5) is 0 Å². The highest BCUT2D eigenvalue weighted by Gasteiger charge is 2.14. The molecule has 0 radical (unpaired) electrons. The standard InChI is InChI=1S/C7H15ClO3/c8-6(3-5-10)7(11)2-1-4-9/h6-7,9-11H,1-5H2. The Morgan fingerprint density at radius 2 is 1.73 bits per heavy atom. The van der Waals surface area contributed by atoms with Gasteiger partial charge in [0.15, 0.2) is 0 Å². The number of alkyl halides is 1. The summed E-state index contributed by atoms with van der Waals surface area (Å²) in [5.74, 6) is 0. The van der Waals surface area contributed by atoms with Crippen LogP contribution in [0.2, 0.25) is 0 Å². The van der Waals surface area contributed by atoms with E-state index in [1.54, 1.807) is 0 Å². The van der Waals surface area contributed by atoms with Gasteiger partial charge in [-0.15, -0.1) is 11.6 Å². The minimum Gasteiger partial charge on any atom is -0.396 e. The van der Waals surface area contributed by atoms with Gasteiger partial charge in [-0.05, 0) is 19.3 Å². The lowest BCUT2D eigenvalue weighted by Crippen LogP contribution is -2.22. The first kappa shape index (κ1) is 11.2. The van der Waals surface area contributed by atoms with Gasteiger partial charge in [-0.3, -0.25) is 0 Å². The lowest BCUT2D eigenvalue weighted by atomic mass is 10.1. The van der Waals surface area contributed by atoms with Crippen LogP contribution in [0.3, 0.4) is 0 Å². The topological polar surface area (TPSA) is 60.7 Å². The molecule has 0 bridgehead atoms. The highest BCUT2D eigenvalue weighted by atomic mass is 35.5. The van der Waals surface area contributed by atoms with Crippen molar-refractivity contribution >= 4 is 11.6 Å². The molecule has 0 fully saturated rings. The van der Waals surface area contributed by atoms with Gasteiger partial charge in [0.1, 0.15) is 0 Å². The van der Waals surface area contributed by atoms with Crippen molar-refractivity contribution in [3.05, 3.63) is 0 Å². The van der Waals surface area contributed by atoms with E-state index in [-0.39, 0.29) is 13.2 Å². The molecule has 2 atom stereocenters. The van der Waals surface area contributed by atoms with Crippen LogP contribution in [-0.2, 0) is 0 Å². The summed E-state index contributed by atoms with van der Waals surface area (Å²) in [7, 11) is 0. The van der Waals surface area contributed by atoms with Crippen LogP contribution >= 0.6 is 11.6 Å². The van der Waals surface area contributed by atoms with Gasteiger partial charge in [0.25, 0.3) is 0 Å². The van der Waals surface area contributed by atoms with E-state index in [0.717, 1.165) is 0 Å². The summed E-state index contributed by atoms with van der Waals surface area (Å²) >= 11 is 5.68. The van der Waals surface area contributed by atoms with Gasteiger partial charge >= 0.3 is 0 Å². The Morgan fingerprint density at radius 1 is 1.09 bits per heavy atom. The summed E-state index contributed by atoms with van der Waals surface area (Å²) < 4.78 is 0. The monoisotopic (exact) mass is 182 g/mol. The van der Waals surface area contributed by atoms with Gasteiger partial charge in [-0.2, -0.15) is 0 Å². The van der Waals surface area contributed by atoms with Crippen LogP contribution in [0, 0.1) is 0 Å². The average molecular weight is 183 g/mol. The second-order valence-corrected chi connectivity index (χ2v) is 3.02. The molecular formula is C7H15ClO3. The van der Waals surface area contributed by atoms with Gasteiger partial charge in [-0.25, -0.2) is 0 Å². The van der Waals surface area contributed by atoms with Crippen molar-refractivity contribution in [2.24, 2.45) is 0 Å². The van der Waals surface area contributed by atoms with Crippen molar-refractivity contribution in [1.29, 1.82) is 0 Å². The van der Waals surface area contributed by atoms with Crippen molar-refractivity contribution in [2.45, 2.75) is 30.7 Å². The van der Waals surface area contributed by atoms with E-state index in [0.29, 0.717) is 19.3 Å². The minimum atomic E-state index is -0.615. The van der Waals surface area contributed by atoms with Crippen molar-refractivity contribution in [3.8, 4) is 0 Å². The van der Waals surface area contributed by atoms with Crippen molar-refractivity contribution < 1.29 is 15.3 Å². The van der Waals surface area contributed by atoms with Crippen LogP contribution in [0.15, 0.2) is 0 Å². The Kier molecular flexibility index (Phi) is 6.96. The molecule has 0 aromatic carbocycles. The Morgan fingerprint density at radius 3 is 2.18 bits per heavy atom. The summed E-state index contributed by atoms with van der Waals surface area (Å²) in [5, 5.41) is 25.7. The van der Waals surface area contributed by atoms with Crippen LogP contribution in [0.1, 0.15) is 19.3 Å². The second kappa shape index (κ2) is 6.85. The smallest absolute Gasteiger partial charge is 0.0705 e. The third-order valence-electron chi connectivity index (χ3n) is 1.48. The molecule has 0 heterocycles. The van der Waals surface area contributed by atoms with Crippen LogP contribution < -0.4 is 0 Å². The molecule has 3 nitrogen and oxygen atoms in total. The van der Waals surface area contributed by atoms with E-state index in [1.807, 2.05) is 0 Å². The molecule has 0 spiro atoms. The second-order valence-electron chi connectivity index (χ2n) is 2.46. The van der Waals surface area contributed by atoms with Crippen molar-refractivity contribution in [3.63, 3.8) is 0 Å². The Balaban J connectivity index is 3.38. The molecule has 0 aromatic heterocycles. The quantitative estimate of drug-likeness (QED) is 0.511. The fourth-order valence-electron chi connectivity index (χ4n) is 0.797. The highest BCUT2D eigenvalue weighted by Crippen LogP contribution is 2.11. The van der Waals surface area contributed by atoms with E-state index in [1.165, 1.54) is 0 Å². The van der Waals surface area contributed by atoms with E-state index < -0.39 is 11.5 Å². The summed E-state index contributed by atoms with van der Waals surface area (Å²) in [6.45, 7) is 0.0597. The molecule has 2 unspecified atom stereocenters. The first-order valence-corrected chi connectivity index (χ1v) is 4.20. The predicted molar refractivity (Wildman–Crippen MR) is 43.7 cm³/mol. The molecule has 0 rings (SSSR count). The van der Waals surface area contributed by atoms with E-state index in [9.17, 15) is 5.11 Å². The fraction of sp³-hybridized carbons (Fsp3) is 1.00. The van der Waals surface area contributed by atoms with E-state index in [2.05, 4.69) is 0 Å². The number of aliphatic hydroxyl groups excluding tert-OH is 3. The molecule has 3 N–H and O–H groups in total. The molecule has 0 aliphatic carbocycles. The molecule has 4 heteroatoms. The molecule has 11 heavy (non-hydrogen) atoms. The molecule has 0 amide bonds. The first-order valence-electron chi connectivity index (χ1n) is 3.76. The number of hydrogen-bond acceptors (Lipinski definition) is 3. The zero-order valence-corrected chi connectivity index (χ0v) is 7.17. The van der Waals surface area contributed by atoms with E-state index in [4.69, 9.17) is 21.8 Å². The minimum absolute atomic E-state index is 0.00957. The molecule has 68 valence electrons. The normalized spacial score (nSPS) is 16.4. The van der Waals surface area contributed by atoms with E-state index >= 15 is 0 Å². The molecule has 0 saturated heterocycles. The molecule has 0 saturated carbocycles. The summed E-state index contributed by atoms with van der Waals surface area (Å²) in [6, 6.07) is 0.